The Balaban J connectivity index is 1.31. The van der Waals surface area contributed by atoms with Gasteiger partial charge in [0.2, 0.25) is 5.91 Å². The van der Waals surface area contributed by atoms with E-state index in [1.807, 2.05) is 17.0 Å². The smallest absolute Gasteiger partial charge is 0.307 e. The molecule has 1 aromatic carbocycles. The second-order valence-electron chi connectivity index (χ2n) is 7.74. The molecule has 1 saturated heterocycles. The number of piperazine rings is 1. The van der Waals surface area contributed by atoms with Crippen LogP contribution in [0.2, 0.25) is 0 Å². The maximum Gasteiger partial charge on any atom is 0.307 e. The molecule has 26 heavy (non-hydrogen) atoms. The highest BCUT2D eigenvalue weighted by atomic mass is 16.4. The van der Waals surface area contributed by atoms with Gasteiger partial charge in [0.25, 0.3) is 0 Å². The molecule has 0 radical (unpaired) electrons. The summed E-state index contributed by atoms with van der Waals surface area (Å²) in [6, 6.07) is 10.5. The molecule has 0 aromatic heterocycles. The standard InChI is InChI=1S/C21H26N2O3/c24-20(18-16-6-7-17(14-16)19(18)21(25)26)23-12-10-22(11-13-23)9-8-15-4-2-1-3-5-15/h1-7,16-19H,8-14H2,(H,25,26)/t16-,17+,18-,19-/m0/s1. The number of carboxylic acids is 1. The summed E-state index contributed by atoms with van der Waals surface area (Å²) < 4.78 is 0. The van der Waals surface area contributed by atoms with Crippen LogP contribution in [-0.2, 0) is 16.0 Å². The predicted molar refractivity (Wildman–Crippen MR) is 98.5 cm³/mol. The van der Waals surface area contributed by atoms with Gasteiger partial charge in [-0.2, -0.15) is 0 Å². The molecule has 1 aromatic rings. The molecule has 2 fully saturated rings. The highest BCUT2D eigenvalue weighted by Crippen LogP contribution is 2.48. The van der Waals surface area contributed by atoms with Crippen LogP contribution in [0, 0.1) is 23.7 Å². The van der Waals surface area contributed by atoms with Gasteiger partial charge in [-0.1, -0.05) is 42.5 Å². The van der Waals surface area contributed by atoms with Crippen LogP contribution >= 0.6 is 0 Å². The lowest BCUT2D eigenvalue weighted by Gasteiger charge is -2.37. The molecule has 0 spiro atoms. The molecule has 1 N–H and O–H groups in total. The Kier molecular flexibility index (Phi) is 4.81. The fraction of sp³-hybridized carbons (Fsp3) is 0.524. The van der Waals surface area contributed by atoms with Crippen LogP contribution in [0.4, 0.5) is 0 Å². The monoisotopic (exact) mass is 354 g/mol. The Morgan fingerprint density at radius 3 is 2.27 bits per heavy atom. The SMILES string of the molecule is O=C(O)[C@@H]1[C@@H](C(=O)N2CCN(CCc3ccccc3)CC2)[C@H]2C=C[C@@H]1C2. The molecule has 4 atom stereocenters. The Morgan fingerprint density at radius 2 is 1.62 bits per heavy atom. The number of hydrogen-bond donors (Lipinski definition) is 1. The van der Waals surface area contributed by atoms with E-state index < -0.39 is 11.9 Å². The van der Waals surface area contributed by atoms with Crippen LogP contribution in [-0.4, -0.2) is 59.5 Å². The Labute approximate surface area is 154 Å². The van der Waals surface area contributed by atoms with E-state index in [1.165, 1.54) is 5.56 Å². The third-order valence-corrected chi connectivity index (χ3v) is 6.27. The normalized spacial score (nSPS) is 30.7. The van der Waals surface area contributed by atoms with Crippen molar-refractivity contribution < 1.29 is 14.7 Å². The van der Waals surface area contributed by atoms with E-state index in [1.54, 1.807) is 0 Å². The number of carbonyl (C=O) groups excluding carboxylic acids is 1. The summed E-state index contributed by atoms with van der Waals surface area (Å²) in [4.78, 5) is 28.9. The van der Waals surface area contributed by atoms with E-state index in [9.17, 15) is 14.7 Å². The first-order valence-electron chi connectivity index (χ1n) is 9.59. The zero-order valence-electron chi connectivity index (χ0n) is 15.0. The van der Waals surface area contributed by atoms with Crippen LogP contribution in [0.15, 0.2) is 42.5 Å². The number of amides is 1. The molecule has 3 aliphatic rings. The van der Waals surface area contributed by atoms with Gasteiger partial charge in [0.05, 0.1) is 11.8 Å². The Bertz CT molecular complexity index is 694. The molecule has 5 nitrogen and oxygen atoms in total. The maximum absolute atomic E-state index is 13.0. The van der Waals surface area contributed by atoms with Gasteiger partial charge in [-0.15, -0.1) is 0 Å². The summed E-state index contributed by atoms with van der Waals surface area (Å²) in [6.45, 7) is 4.15. The van der Waals surface area contributed by atoms with Gasteiger partial charge in [-0.05, 0) is 30.2 Å². The molecule has 1 amide bonds. The first-order chi connectivity index (χ1) is 12.6. The van der Waals surface area contributed by atoms with Crippen molar-refractivity contribution in [1.29, 1.82) is 0 Å². The first-order valence-corrected chi connectivity index (χ1v) is 9.59. The number of rotatable bonds is 5. The molecule has 2 aliphatic carbocycles. The fourth-order valence-corrected chi connectivity index (χ4v) is 4.83. The Morgan fingerprint density at radius 1 is 0.962 bits per heavy atom. The average Bonchev–Trinajstić information content (AvgIpc) is 3.28. The van der Waals surface area contributed by atoms with Gasteiger partial charge in [-0.3, -0.25) is 14.5 Å². The van der Waals surface area contributed by atoms with Crippen LogP contribution in [0.25, 0.3) is 0 Å². The molecule has 2 bridgehead atoms. The van der Waals surface area contributed by atoms with Crippen LogP contribution in [0.3, 0.4) is 0 Å². The van der Waals surface area contributed by atoms with E-state index in [-0.39, 0.29) is 23.7 Å². The van der Waals surface area contributed by atoms with Crippen molar-refractivity contribution in [2.75, 3.05) is 32.7 Å². The van der Waals surface area contributed by atoms with Crippen LogP contribution in [0.1, 0.15) is 12.0 Å². The molecule has 138 valence electrons. The van der Waals surface area contributed by atoms with Crippen molar-refractivity contribution in [3.05, 3.63) is 48.0 Å². The number of hydrogen-bond acceptors (Lipinski definition) is 3. The maximum atomic E-state index is 13.0. The van der Waals surface area contributed by atoms with Gasteiger partial charge in [0.15, 0.2) is 0 Å². The lowest BCUT2D eigenvalue weighted by atomic mass is 9.82. The molecule has 4 rings (SSSR count). The molecule has 0 unspecified atom stereocenters. The van der Waals surface area contributed by atoms with Gasteiger partial charge in [0, 0.05) is 32.7 Å². The average molecular weight is 354 g/mol. The minimum absolute atomic E-state index is 0.0404. The van der Waals surface area contributed by atoms with Gasteiger partial charge in [0.1, 0.15) is 0 Å². The molecular formula is C21H26N2O3. The highest BCUT2D eigenvalue weighted by molar-refractivity contribution is 5.87. The Hall–Kier alpha value is -2.14. The fourth-order valence-electron chi connectivity index (χ4n) is 4.83. The molecular weight excluding hydrogens is 328 g/mol. The van der Waals surface area contributed by atoms with Crippen molar-refractivity contribution in [1.82, 2.24) is 9.80 Å². The minimum atomic E-state index is -0.818. The number of carbonyl (C=O) groups is 2. The number of fused-ring (bicyclic) bond motifs is 2. The third-order valence-electron chi connectivity index (χ3n) is 6.27. The zero-order valence-corrected chi connectivity index (χ0v) is 15.0. The summed E-state index contributed by atoms with van der Waals surface area (Å²) in [7, 11) is 0. The summed E-state index contributed by atoms with van der Waals surface area (Å²) >= 11 is 0. The summed E-state index contributed by atoms with van der Waals surface area (Å²) in [5.74, 6) is -1.51. The predicted octanol–water partition coefficient (Wildman–Crippen LogP) is 1.90. The van der Waals surface area contributed by atoms with E-state index in [0.717, 1.165) is 32.5 Å². The van der Waals surface area contributed by atoms with Gasteiger partial charge < -0.3 is 10.0 Å². The van der Waals surface area contributed by atoms with Gasteiger partial charge >= 0.3 is 5.97 Å². The summed E-state index contributed by atoms with van der Waals surface area (Å²) in [6.07, 6.45) is 5.90. The molecule has 5 heteroatoms. The van der Waals surface area contributed by atoms with Crippen molar-refractivity contribution in [3.63, 3.8) is 0 Å². The third kappa shape index (κ3) is 3.28. The molecule has 1 aliphatic heterocycles. The van der Waals surface area contributed by atoms with Crippen molar-refractivity contribution in [2.45, 2.75) is 12.8 Å². The minimum Gasteiger partial charge on any atom is -0.481 e. The van der Waals surface area contributed by atoms with Gasteiger partial charge in [-0.25, -0.2) is 0 Å². The van der Waals surface area contributed by atoms with E-state index >= 15 is 0 Å². The van der Waals surface area contributed by atoms with E-state index in [4.69, 9.17) is 0 Å². The van der Waals surface area contributed by atoms with E-state index in [2.05, 4.69) is 35.2 Å². The second kappa shape index (κ2) is 7.23. The van der Waals surface area contributed by atoms with Crippen molar-refractivity contribution in [3.8, 4) is 0 Å². The van der Waals surface area contributed by atoms with Crippen LogP contribution < -0.4 is 0 Å². The number of carboxylic acid groups (broad SMARTS) is 1. The number of aliphatic carboxylic acids is 1. The lowest BCUT2D eigenvalue weighted by molar-refractivity contribution is -0.151. The summed E-state index contributed by atoms with van der Waals surface area (Å²) in [5.41, 5.74) is 1.34. The highest BCUT2D eigenvalue weighted by Gasteiger charge is 2.52. The first kappa shape index (κ1) is 17.3. The zero-order chi connectivity index (χ0) is 18.1. The number of nitrogens with zero attached hydrogens (tertiary/aromatic N) is 2. The lowest BCUT2D eigenvalue weighted by Crippen LogP contribution is -2.52. The number of allylic oxidation sites excluding steroid dienone is 2. The largest absolute Gasteiger partial charge is 0.481 e. The van der Waals surface area contributed by atoms with E-state index in [0.29, 0.717) is 13.1 Å². The number of benzene rings is 1. The van der Waals surface area contributed by atoms with Crippen molar-refractivity contribution in [2.24, 2.45) is 23.7 Å². The quantitative estimate of drug-likeness (QED) is 0.821. The molecule has 1 heterocycles. The van der Waals surface area contributed by atoms with Crippen molar-refractivity contribution >= 4 is 11.9 Å². The summed E-state index contributed by atoms with van der Waals surface area (Å²) in [5, 5.41) is 9.56. The molecule has 1 saturated carbocycles. The second-order valence-corrected chi connectivity index (χ2v) is 7.74. The topological polar surface area (TPSA) is 60.9 Å². The van der Waals surface area contributed by atoms with Crippen LogP contribution in [0.5, 0.6) is 0 Å².